The third-order valence-corrected chi connectivity index (χ3v) is 8.25. The predicted octanol–water partition coefficient (Wildman–Crippen LogP) is 3.52. The summed E-state index contributed by atoms with van der Waals surface area (Å²) in [4.78, 5) is 28.3. The standard InChI is InChI=1S/C26H30FN3O5Si/c1-34-15-16-5-7-20-17(11-16)9-10-30(24(32)14-19-13-23(31)29-35-19)25(20)26(33)28-18-6-8-22(21(27)12-18)36(2,3)4/h5-8,11-13,25H,9-10,14-15H2,1-4H3,(H,28,33)(H,29,31)/t25-/m1/s1. The van der Waals surface area contributed by atoms with E-state index in [1.165, 1.54) is 17.0 Å². The first-order valence-corrected chi connectivity index (χ1v) is 15.2. The minimum Gasteiger partial charge on any atom is -0.491 e. The van der Waals surface area contributed by atoms with Crippen molar-refractivity contribution in [1.82, 2.24) is 10.1 Å². The first-order valence-electron chi connectivity index (χ1n) is 11.7. The molecule has 0 saturated carbocycles. The van der Waals surface area contributed by atoms with Crippen LogP contribution in [-0.2, 0) is 33.8 Å². The van der Waals surface area contributed by atoms with Crippen molar-refractivity contribution in [2.45, 2.75) is 45.1 Å². The van der Waals surface area contributed by atoms with Gasteiger partial charge in [-0.25, -0.2) is 4.39 Å². The van der Waals surface area contributed by atoms with Gasteiger partial charge >= 0.3 is 0 Å². The second kappa shape index (κ2) is 10.2. The number of fused-ring (bicyclic) bond motifs is 1. The molecular weight excluding hydrogens is 481 g/mol. The Morgan fingerprint density at radius 1 is 1.22 bits per heavy atom. The summed E-state index contributed by atoms with van der Waals surface area (Å²) in [5.41, 5.74) is 2.95. The number of amides is 2. The van der Waals surface area contributed by atoms with Gasteiger partial charge < -0.3 is 24.6 Å². The van der Waals surface area contributed by atoms with Crippen LogP contribution in [-0.4, -0.2) is 48.7 Å². The number of halogens is 1. The lowest BCUT2D eigenvalue weighted by Crippen LogP contribution is -2.46. The Kier molecular flexibility index (Phi) is 7.27. The zero-order valence-corrected chi connectivity index (χ0v) is 21.8. The monoisotopic (exact) mass is 511 g/mol. The Morgan fingerprint density at radius 3 is 2.64 bits per heavy atom. The molecule has 10 heteroatoms. The fourth-order valence-electron chi connectivity index (χ4n) is 4.54. The number of nitrogens with one attached hydrogen (secondary N) is 1. The van der Waals surface area contributed by atoms with Gasteiger partial charge in [-0.15, -0.1) is 0 Å². The Balaban J connectivity index is 1.65. The molecule has 2 heterocycles. The van der Waals surface area contributed by atoms with E-state index in [0.717, 1.165) is 11.1 Å². The van der Waals surface area contributed by atoms with Crippen LogP contribution in [0.3, 0.4) is 0 Å². The number of benzene rings is 2. The summed E-state index contributed by atoms with van der Waals surface area (Å²) >= 11 is 0. The molecule has 2 aromatic carbocycles. The number of aromatic hydroxyl groups is 1. The van der Waals surface area contributed by atoms with Gasteiger partial charge in [-0.05, 0) is 45.6 Å². The average molecular weight is 512 g/mol. The maximum absolute atomic E-state index is 14.8. The van der Waals surface area contributed by atoms with Crippen molar-refractivity contribution in [2.75, 3.05) is 19.0 Å². The van der Waals surface area contributed by atoms with Crippen molar-refractivity contribution in [2.24, 2.45) is 0 Å². The molecule has 4 rings (SSSR count). The van der Waals surface area contributed by atoms with E-state index in [0.29, 0.717) is 36.0 Å². The van der Waals surface area contributed by atoms with Gasteiger partial charge in [0.15, 0.2) is 0 Å². The largest absolute Gasteiger partial charge is 0.491 e. The average Bonchev–Trinajstić information content (AvgIpc) is 3.21. The van der Waals surface area contributed by atoms with Crippen molar-refractivity contribution in [3.63, 3.8) is 0 Å². The van der Waals surface area contributed by atoms with Gasteiger partial charge in [0.2, 0.25) is 5.91 Å². The number of hydrogen-bond donors (Lipinski definition) is 2. The lowest BCUT2D eigenvalue weighted by Gasteiger charge is -2.36. The second-order valence-electron chi connectivity index (χ2n) is 9.97. The highest BCUT2D eigenvalue weighted by atomic mass is 28.3. The molecule has 1 atom stereocenters. The summed E-state index contributed by atoms with van der Waals surface area (Å²) < 4.78 is 25.0. The molecule has 0 saturated heterocycles. The number of carbonyl (C=O) groups excluding carboxylic acids is 2. The van der Waals surface area contributed by atoms with Crippen LogP contribution in [0, 0.1) is 5.82 Å². The zero-order chi connectivity index (χ0) is 26.0. The zero-order valence-electron chi connectivity index (χ0n) is 20.8. The lowest BCUT2D eigenvalue weighted by molar-refractivity contribution is -0.139. The fraction of sp³-hybridized carbons (Fsp3) is 0.346. The normalized spacial score (nSPS) is 15.5. The first kappa shape index (κ1) is 25.6. The summed E-state index contributed by atoms with van der Waals surface area (Å²) in [6.07, 6.45) is 0.400. The van der Waals surface area contributed by atoms with Crippen molar-refractivity contribution < 1.29 is 28.3 Å². The molecule has 0 spiro atoms. The van der Waals surface area contributed by atoms with Gasteiger partial charge in [-0.3, -0.25) is 9.59 Å². The van der Waals surface area contributed by atoms with Crippen molar-refractivity contribution in [3.8, 4) is 5.88 Å². The van der Waals surface area contributed by atoms with Gasteiger partial charge in [-0.2, -0.15) is 0 Å². The quantitative estimate of drug-likeness (QED) is 0.471. The molecule has 0 aliphatic carbocycles. The van der Waals surface area contributed by atoms with Gasteiger partial charge in [0, 0.05) is 25.4 Å². The molecule has 8 nitrogen and oxygen atoms in total. The van der Waals surface area contributed by atoms with Crippen LogP contribution < -0.4 is 10.5 Å². The molecule has 36 heavy (non-hydrogen) atoms. The SMILES string of the molecule is COCc1ccc2c(c1)CCN(C(=O)Cc1cc(O)no1)[C@H]2C(=O)Nc1ccc([Si](C)(C)C)c(F)c1. The number of anilines is 1. The van der Waals surface area contributed by atoms with E-state index in [1.807, 2.05) is 18.2 Å². The number of carbonyl (C=O) groups is 2. The molecule has 0 unspecified atom stereocenters. The summed E-state index contributed by atoms with van der Waals surface area (Å²) in [5, 5.41) is 16.3. The molecular formula is C26H30FN3O5Si. The Hall–Kier alpha value is -3.50. The molecule has 0 bridgehead atoms. The van der Waals surface area contributed by atoms with Crippen LogP contribution in [0.15, 0.2) is 47.0 Å². The maximum Gasteiger partial charge on any atom is 0.251 e. The number of hydrogen-bond acceptors (Lipinski definition) is 6. The summed E-state index contributed by atoms with van der Waals surface area (Å²) in [6.45, 7) is 6.91. The van der Waals surface area contributed by atoms with Crippen molar-refractivity contribution in [1.29, 1.82) is 0 Å². The minimum atomic E-state index is -1.88. The van der Waals surface area contributed by atoms with Crippen molar-refractivity contribution in [3.05, 3.63) is 70.7 Å². The van der Waals surface area contributed by atoms with E-state index in [4.69, 9.17) is 9.26 Å². The highest BCUT2D eigenvalue weighted by molar-refractivity contribution is 6.88. The van der Waals surface area contributed by atoms with E-state index in [9.17, 15) is 19.1 Å². The van der Waals surface area contributed by atoms with Crippen LogP contribution in [0.4, 0.5) is 10.1 Å². The molecule has 190 valence electrons. The summed E-state index contributed by atoms with van der Waals surface area (Å²) in [6, 6.07) is 10.8. The van der Waals surface area contributed by atoms with Gasteiger partial charge in [0.1, 0.15) is 17.6 Å². The molecule has 2 N–H and O–H groups in total. The Labute approximate surface area is 210 Å². The Morgan fingerprint density at radius 2 is 2.00 bits per heavy atom. The number of nitrogens with zero attached hydrogens (tertiary/aromatic N) is 2. The van der Waals surface area contributed by atoms with E-state index in [2.05, 4.69) is 30.1 Å². The van der Waals surface area contributed by atoms with Gasteiger partial charge in [0.25, 0.3) is 11.8 Å². The smallest absolute Gasteiger partial charge is 0.251 e. The van der Waals surface area contributed by atoms with Gasteiger partial charge in [-0.1, -0.05) is 43.9 Å². The molecule has 2 amide bonds. The molecule has 3 aromatic rings. The predicted molar refractivity (Wildman–Crippen MR) is 135 cm³/mol. The number of aromatic nitrogens is 1. The van der Waals surface area contributed by atoms with E-state index in [1.54, 1.807) is 19.2 Å². The maximum atomic E-state index is 14.8. The summed E-state index contributed by atoms with van der Waals surface area (Å²) in [5.74, 6) is -1.26. The molecule has 1 aliphatic heterocycles. The van der Waals surface area contributed by atoms with E-state index in [-0.39, 0.29) is 29.8 Å². The number of ether oxygens (including phenoxy) is 1. The Bertz CT molecular complexity index is 1290. The molecule has 0 fully saturated rings. The molecule has 1 aromatic heterocycles. The first-order chi connectivity index (χ1) is 17.1. The van der Waals surface area contributed by atoms with Crippen LogP contribution >= 0.6 is 0 Å². The number of methoxy groups -OCH3 is 1. The third-order valence-electron chi connectivity index (χ3n) is 6.23. The van der Waals surface area contributed by atoms with Gasteiger partial charge in [0.05, 0.1) is 21.1 Å². The van der Waals surface area contributed by atoms with Crippen LogP contribution in [0.1, 0.15) is 28.5 Å². The molecule has 1 aliphatic rings. The summed E-state index contributed by atoms with van der Waals surface area (Å²) in [7, 11) is -0.262. The van der Waals surface area contributed by atoms with Crippen LogP contribution in [0.25, 0.3) is 0 Å². The van der Waals surface area contributed by atoms with E-state index < -0.39 is 20.0 Å². The van der Waals surface area contributed by atoms with Crippen LogP contribution in [0.5, 0.6) is 5.88 Å². The number of rotatable bonds is 7. The lowest BCUT2D eigenvalue weighted by atomic mass is 9.90. The minimum absolute atomic E-state index is 0.159. The van der Waals surface area contributed by atoms with Crippen LogP contribution in [0.2, 0.25) is 19.6 Å². The highest BCUT2D eigenvalue weighted by Crippen LogP contribution is 2.33. The third kappa shape index (κ3) is 5.49. The fourth-order valence-corrected chi connectivity index (χ4v) is 5.91. The molecule has 0 radical (unpaired) electrons. The van der Waals surface area contributed by atoms with Crippen molar-refractivity contribution >= 4 is 30.8 Å². The topological polar surface area (TPSA) is 105 Å². The second-order valence-corrected chi connectivity index (χ2v) is 15.0. The van der Waals surface area contributed by atoms with E-state index >= 15 is 0 Å². The highest BCUT2D eigenvalue weighted by Gasteiger charge is 2.36.